The van der Waals surface area contributed by atoms with Crippen molar-refractivity contribution in [2.75, 3.05) is 33.7 Å². The molecule has 5 nitrogen and oxygen atoms in total. The molecule has 29 heavy (non-hydrogen) atoms. The smallest absolute Gasteiger partial charge is 0.215 e. The van der Waals surface area contributed by atoms with Crippen LogP contribution in [0.3, 0.4) is 0 Å². The van der Waals surface area contributed by atoms with Gasteiger partial charge in [-0.25, -0.2) is 13.1 Å². The maximum absolute atomic E-state index is 13.4. The third-order valence-corrected chi connectivity index (χ3v) is 10.5. The number of hydrogen-bond donors (Lipinski definition) is 1. The molecule has 0 aromatic carbocycles. The molecular formula is C23H43N3O2S. The van der Waals surface area contributed by atoms with E-state index < -0.39 is 10.0 Å². The maximum atomic E-state index is 13.4. The lowest BCUT2D eigenvalue weighted by Crippen LogP contribution is -2.53. The van der Waals surface area contributed by atoms with Gasteiger partial charge in [0, 0.05) is 25.2 Å². The lowest BCUT2D eigenvalue weighted by Gasteiger charge is -2.47. The summed E-state index contributed by atoms with van der Waals surface area (Å²) in [4.78, 5) is 4.87. The van der Waals surface area contributed by atoms with Crippen LogP contribution in [0.1, 0.15) is 77.0 Å². The fourth-order valence-electron chi connectivity index (χ4n) is 7.09. The summed E-state index contributed by atoms with van der Waals surface area (Å²) >= 11 is 0. The highest BCUT2D eigenvalue weighted by molar-refractivity contribution is 7.90. The number of hydrogen-bond acceptors (Lipinski definition) is 4. The predicted molar refractivity (Wildman–Crippen MR) is 119 cm³/mol. The highest BCUT2D eigenvalue weighted by atomic mass is 32.2. The minimum atomic E-state index is -3.24. The van der Waals surface area contributed by atoms with E-state index in [0.29, 0.717) is 17.9 Å². The highest BCUT2D eigenvalue weighted by Gasteiger charge is 2.46. The third kappa shape index (κ3) is 5.19. The van der Waals surface area contributed by atoms with Crippen LogP contribution in [0.25, 0.3) is 0 Å². The molecule has 6 heteroatoms. The van der Waals surface area contributed by atoms with Crippen LogP contribution in [-0.2, 0) is 10.0 Å². The van der Waals surface area contributed by atoms with Crippen molar-refractivity contribution in [3.05, 3.63) is 0 Å². The predicted octanol–water partition coefficient (Wildman–Crippen LogP) is 3.46. The Morgan fingerprint density at radius 3 is 2.34 bits per heavy atom. The number of rotatable bonds is 6. The molecule has 1 aliphatic heterocycles. The zero-order chi connectivity index (χ0) is 20.4. The molecule has 1 saturated heterocycles. The molecule has 0 aromatic rings. The van der Waals surface area contributed by atoms with Gasteiger partial charge in [0.25, 0.3) is 0 Å². The van der Waals surface area contributed by atoms with Gasteiger partial charge < -0.3 is 9.80 Å². The van der Waals surface area contributed by atoms with E-state index in [0.717, 1.165) is 44.7 Å². The number of nitrogens with zero attached hydrogens (tertiary/aromatic N) is 2. The first kappa shape index (κ1) is 22.0. The summed E-state index contributed by atoms with van der Waals surface area (Å²) in [6.45, 7) is 3.15. The first-order valence-electron chi connectivity index (χ1n) is 12.3. The van der Waals surface area contributed by atoms with Crippen LogP contribution >= 0.6 is 0 Å². The minimum absolute atomic E-state index is 0.122. The molecule has 5 unspecified atom stereocenters. The van der Waals surface area contributed by atoms with Crippen LogP contribution in [0.15, 0.2) is 0 Å². The summed E-state index contributed by atoms with van der Waals surface area (Å²) in [5.74, 6) is 1.74. The zero-order valence-electron chi connectivity index (χ0n) is 18.7. The van der Waals surface area contributed by atoms with E-state index in [1.54, 1.807) is 0 Å². The number of sulfonamides is 1. The SMILES string of the molecule is CN(C)C1CCCC2C1CCCC2S(=O)(=O)NC1CCN(CC2CCCCC2)C1. The van der Waals surface area contributed by atoms with E-state index >= 15 is 0 Å². The molecule has 0 amide bonds. The molecule has 4 rings (SSSR count). The molecule has 1 N–H and O–H groups in total. The van der Waals surface area contributed by atoms with Gasteiger partial charge in [0.1, 0.15) is 0 Å². The maximum Gasteiger partial charge on any atom is 0.215 e. The van der Waals surface area contributed by atoms with Crippen molar-refractivity contribution >= 4 is 10.0 Å². The fourth-order valence-corrected chi connectivity index (χ4v) is 9.20. The average Bonchev–Trinajstić information content (AvgIpc) is 3.13. The Morgan fingerprint density at radius 2 is 1.59 bits per heavy atom. The van der Waals surface area contributed by atoms with Crippen LogP contribution in [-0.4, -0.2) is 69.3 Å². The third-order valence-electron chi connectivity index (χ3n) is 8.49. The van der Waals surface area contributed by atoms with Crippen LogP contribution in [0, 0.1) is 17.8 Å². The molecule has 1 heterocycles. The van der Waals surface area contributed by atoms with Gasteiger partial charge in [-0.1, -0.05) is 32.1 Å². The molecule has 0 aromatic heterocycles. The average molecular weight is 426 g/mol. The van der Waals surface area contributed by atoms with Crippen molar-refractivity contribution in [1.29, 1.82) is 0 Å². The van der Waals surface area contributed by atoms with Crippen molar-refractivity contribution in [2.24, 2.45) is 17.8 Å². The molecule has 4 aliphatic rings. The lowest BCUT2D eigenvalue weighted by molar-refractivity contribution is 0.0712. The number of nitrogens with one attached hydrogen (secondary N) is 1. The molecule has 168 valence electrons. The second kappa shape index (κ2) is 9.54. The quantitative estimate of drug-likeness (QED) is 0.708. The first-order valence-corrected chi connectivity index (χ1v) is 13.9. The minimum Gasteiger partial charge on any atom is -0.306 e. The summed E-state index contributed by atoms with van der Waals surface area (Å²) in [7, 11) is 1.10. The Morgan fingerprint density at radius 1 is 0.862 bits per heavy atom. The number of fused-ring (bicyclic) bond motifs is 1. The summed E-state index contributed by atoms with van der Waals surface area (Å²) < 4.78 is 30.0. The van der Waals surface area contributed by atoms with Gasteiger partial charge in [0.05, 0.1) is 5.25 Å². The van der Waals surface area contributed by atoms with Crippen LogP contribution in [0.4, 0.5) is 0 Å². The molecule has 0 bridgehead atoms. The zero-order valence-corrected chi connectivity index (χ0v) is 19.5. The van der Waals surface area contributed by atoms with Crippen molar-refractivity contribution in [3.8, 4) is 0 Å². The molecule has 4 fully saturated rings. The van der Waals surface area contributed by atoms with E-state index in [-0.39, 0.29) is 11.3 Å². The van der Waals surface area contributed by atoms with E-state index in [1.165, 1.54) is 57.9 Å². The standard InChI is InChI=1S/C23H43N3O2S/c1-25(2)22-12-6-11-21-20(22)10-7-13-23(21)29(27,28)24-19-14-15-26(17-19)16-18-8-4-3-5-9-18/h18-24H,3-17H2,1-2H3. The second-order valence-corrected chi connectivity index (χ2v) is 12.6. The van der Waals surface area contributed by atoms with E-state index in [4.69, 9.17) is 0 Å². The van der Waals surface area contributed by atoms with Crippen LogP contribution < -0.4 is 4.72 Å². The molecule has 3 aliphatic carbocycles. The van der Waals surface area contributed by atoms with Crippen molar-refractivity contribution in [3.63, 3.8) is 0 Å². The Hall–Kier alpha value is -0.170. The molecule has 0 spiro atoms. The Balaban J connectivity index is 1.34. The summed E-state index contributed by atoms with van der Waals surface area (Å²) in [5.41, 5.74) is 0. The van der Waals surface area contributed by atoms with Gasteiger partial charge >= 0.3 is 0 Å². The Kier molecular flexibility index (Phi) is 7.25. The van der Waals surface area contributed by atoms with Crippen molar-refractivity contribution in [1.82, 2.24) is 14.5 Å². The van der Waals surface area contributed by atoms with Crippen LogP contribution in [0.2, 0.25) is 0 Å². The summed E-state index contributed by atoms with van der Waals surface area (Å²) in [5, 5.41) is -0.170. The molecular weight excluding hydrogens is 382 g/mol. The van der Waals surface area contributed by atoms with Gasteiger partial charge in [-0.15, -0.1) is 0 Å². The summed E-state index contributed by atoms with van der Waals surface area (Å²) in [6.07, 6.45) is 14.5. The molecule has 5 atom stereocenters. The summed E-state index contributed by atoms with van der Waals surface area (Å²) in [6, 6.07) is 0.682. The molecule has 0 radical (unpaired) electrons. The van der Waals surface area contributed by atoms with E-state index in [2.05, 4.69) is 28.6 Å². The fraction of sp³-hybridized carbons (Fsp3) is 1.00. The van der Waals surface area contributed by atoms with Gasteiger partial charge in [-0.05, 0) is 83.3 Å². The van der Waals surface area contributed by atoms with Gasteiger partial charge in [0.15, 0.2) is 0 Å². The van der Waals surface area contributed by atoms with E-state index in [1.807, 2.05) is 0 Å². The van der Waals surface area contributed by atoms with Gasteiger partial charge in [-0.3, -0.25) is 0 Å². The van der Waals surface area contributed by atoms with Gasteiger partial charge in [-0.2, -0.15) is 0 Å². The second-order valence-electron chi connectivity index (χ2n) is 10.7. The lowest BCUT2D eigenvalue weighted by atomic mass is 9.68. The topological polar surface area (TPSA) is 52.7 Å². The first-order chi connectivity index (χ1) is 13.9. The van der Waals surface area contributed by atoms with Gasteiger partial charge in [0.2, 0.25) is 10.0 Å². The van der Waals surface area contributed by atoms with Crippen LogP contribution in [0.5, 0.6) is 0 Å². The Labute approximate surface area is 179 Å². The van der Waals surface area contributed by atoms with E-state index in [9.17, 15) is 8.42 Å². The van der Waals surface area contributed by atoms with Crippen molar-refractivity contribution < 1.29 is 8.42 Å². The Bertz CT molecular complexity index is 632. The molecule has 3 saturated carbocycles. The highest BCUT2D eigenvalue weighted by Crippen LogP contribution is 2.44. The number of likely N-dealkylation sites (tertiary alicyclic amines) is 1. The monoisotopic (exact) mass is 425 g/mol. The normalized spacial score (nSPS) is 37.7. The van der Waals surface area contributed by atoms with Crippen molar-refractivity contribution in [2.45, 2.75) is 94.4 Å². The largest absolute Gasteiger partial charge is 0.306 e.